The second kappa shape index (κ2) is 9.27. The van der Waals surface area contributed by atoms with Gasteiger partial charge in [0.2, 0.25) is 0 Å². The third-order valence-electron chi connectivity index (χ3n) is 5.30. The van der Waals surface area contributed by atoms with Crippen LogP contribution in [0.25, 0.3) is 10.9 Å². The minimum absolute atomic E-state index is 0.517. The zero-order chi connectivity index (χ0) is 20.8. The lowest BCUT2D eigenvalue weighted by Crippen LogP contribution is -2.18. The van der Waals surface area contributed by atoms with Crippen molar-refractivity contribution in [1.29, 1.82) is 0 Å². The Morgan fingerprint density at radius 3 is 2.53 bits per heavy atom. The lowest BCUT2D eigenvalue weighted by atomic mass is 10.00. The van der Waals surface area contributed by atoms with Gasteiger partial charge in [-0.15, -0.1) is 0 Å². The van der Waals surface area contributed by atoms with Crippen LogP contribution >= 0.6 is 0 Å². The van der Waals surface area contributed by atoms with Crippen molar-refractivity contribution in [2.24, 2.45) is 5.73 Å². The normalized spacial score (nSPS) is 12.0. The van der Waals surface area contributed by atoms with Crippen molar-refractivity contribution in [3.05, 3.63) is 102 Å². The maximum atomic E-state index is 11.5. The summed E-state index contributed by atoms with van der Waals surface area (Å²) in [5.74, 6) is 0. The maximum Gasteiger partial charge on any atom is 0.405 e. The number of carbonyl (C=O) groups excluding carboxylic acids is 1. The fourth-order valence-electron chi connectivity index (χ4n) is 3.81. The van der Waals surface area contributed by atoms with Crippen LogP contribution in [0.1, 0.15) is 35.6 Å². The molecule has 0 aliphatic heterocycles. The highest BCUT2D eigenvalue weighted by Crippen LogP contribution is 2.29. The zero-order valence-electron chi connectivity index (χ0n) is 16.8. The molecule has 1 amide bonds. The molecule has 1 unspecified atom stereocenters. The van der Waals surface area contributed by atoms with E-state index in [0.29, 0.717) is 0 Å². The van der Waals surface area contributed by atoms with E-state index >= 15 is 0 Å². The highest BCUT2D eigenvalue weighted by molar-refractivity contribution is 5.81. The number of hydrogen-bond donors (Lipinski definition) is 1. The molecule has 0 radical (unpaired) electrons. The number of aryl methyl sites for hydroxylation is 2. The monoisotopic (exact) mass is 399 g/mol. The predicted octanol–water partition coefficient (Wildman–Crippen LogP) is 5.24. The SMILES string of the molecule is NC(=O)OC(c1ccccc1)c1ccc2c(ccn2CCCCc2ccncc2)c1. The molecule has 0 aliphatic carbocycles. The smallest absolute Gasteiger partial charge is 0.405 e. The van der Waals surface area contributed by atoms with Gasteiger partial charge >= 0.3 is 6.09 Å². The van der Waals surface area contributed by atoms with Gasteiger partial charge in [0, 0.05) is 30.7 Å². The van der Waals surface area contributed by atoms with Gasteiger partial charge in [0.25, 0.3) is 0 Å². The van der Waals surface area contributed by atoms with E-state index in [4.69, 9.17) is 10.5 Å². The molecule has 152 valence electrons. The molecule has 0 saturated heterocycles. The van der Waals surface area contributed by atoms with E-state index in [-0.39, 0.29) is 0 Å². The van der Waals surface area contributed by atoms with Crippen molar-refractivity contribution in [2.45, 2.75) is 31.9 Å². The first kappa shape index (κ1) is 19.7. The minimum Gasteiger partial charge on any atom is -0.437 e. The van der Waals surface area contributed by atoms with Crippen LogP contribution < -0.4 is 5.73 Å². The van der Waals surface area contributed by atoms with Crippen LogP contribution in [0.3, 0.4) is 0 Å². The Bertz CT molecular complexity index is 1110. The fourth-order valence-corrected chi connectivity index (χ4v) is 3.81. The molecule has 2 heterocycles. The van der Waals surface area contributed by atoms with Crippen molar-refractivity contribution >= 4 is 17.0 Å². The third kappa shape index (κ3) is 4.69. The van der Waals surface area contributed by atoms with Crippen LogP contribution in [0.4, 0.5) is 4.79 Å². The van der Waals surface area contributed by atoms with Crippen LogP contribution in [0.15, 0.2) is 85.3 Å². The van der Waals surface area contributed by atoms with Gasteiger partial charge < -0.3 is 15.0 Å². The summed E-state index contributed by atoms with van der Waals surface area (Å²) in [7, 11) is 0. The fraction of sp³-hybridized carbons (Fsp3) is 0.200. The Labute approximate surface area is 176 Å². The first-order valence-corrected chi connectivity index (χ1v) is 10.2. The molecule has 0 aliphatic rings. The number of pyridine rings is 1. The number of aromatic nitrogens is 2. The van der Waals surface area contributed by atoms with Crippen LogP contribution in [0, 0.1) is 0 Å². The number of rotatable bonds is 8. The molecule has 0 saturated carbocycles. The number of unbranched alkanes of at least 4 members (excludes halogenated alkanes) is 1. The van der Waals surface area contributed by atoms with Crippen molar-refractivity contribution < 1.29 is 9.53 Å². The standard InChI is InChI=1S/C25H25N3O2/c26-25(29)30-24(20-7-2-1-3-8-20)22-9-10-23-21(18-22)13-17-28(23)16-5-4-6-19-11-14-27-15-12-19/h1-3,7-15,17-18,24H,4-6,16H2,(H2,26,29). The summed E-state index contributed by atoms with van der Waals surface area (Å²) in [6.45, 7) is 0.966. The van der Waals surface area contributed by atoms with Crippen LogP contribution in [0.5, 0.6) is 0 Å². The van der Waals surface area contributed by atoms with Gasteiger partial charge in [-0.25, -0.2) is 4.79 Å². The van der Waals surface area contributed by atoms with Gasteiger partial charge in [0.05, 0.1) is 0 Å². The van der Waals surface area contributed by atoms with Gasteiger partial charge in [-0.1, -0.05) is 36.4 Å². The van der Waals surface area contributed by atoms with Gasteiger partial charge in [-0.2, -0.15) is 0 Å². The summed E-state index contributed by atoms with van der Waals surface area (Å²) >= 11 is 0. The summed E-state index contributed by atoms with van der Waals surface area (Å²) in [5.41, 5.74) is 9.63. The molecule has 2 aromatic heterocycles. The van der Waals surface area contributed by atoms with Gasteiger partial charge in [0.1, 0.15) is 0 Å². The molecule has 5 heteroatoms. The Morgan fingerprint density at radius 2 is 1.77 bits per heavy atom. The van der Waals surface area contributed by atoms with E-state index in [0.717, 1.165) is 42.3 Å². The van der Waals surface area contributed by atoms with Crippen LogP contribution in [0.2, 0.25) is 0 Å². The molecular weight excluding hydrogens is 374 g/mol. The lowest BCUT2D eigenvalue weighted by molar-refractivity contribution is 0.126. The second-order valence-electron chi connectivity index (χ2n) is 7.37. The maximum absolute atomic E-state index is 11.5. The molecule has 4 rings (SSSR count). The van der Waals surface area contributed by atoms with E-state index in [9.17, 15) is 4.79 Å². The third-order valence-corrected chi connectivity index (χ3v) is 5.30. The molecule has 0 fully saturated rings. The minimum atomic E-state index is -0.782. The number of carbonyl (C=O) groups is 1. The zero-order valence-corrected chi connectivity index (χ0v) is 16.8. The van der Waals surface area contributed by atoms with Crippen molar-refractivity contribution in [3.63, 3.8) is 0 Å². The molecule has 0 bridgehead atoms. The number of primary amides is 1. The van der Waals surface area contributed by atoms with Crippen molar-refractivity contribution in [2.75, 3.05) is 0 Å². The molecule has 4 aromatic rings. The van der Waals surface area contributed by atoms with E-state index in [1.807, 2.05) is 48.8 Å². The molecule has 5 nitrogen and oxygen atoms in total. The molecular formula is C25H25N3O2. The molecule has 30 heavy (non-hydrogen) atoms. The molecule has 0 spiro atoms. The molecule has 2 aromatic carbocycles. The number of benzene rings is 2. The Hall–Kier alpha value is -3.60. The first-order valence-electron chi connectivity index (χ1n) is 10.2. The summed E-state index contributed by atoms with van der Waals surface area (Å²) in [6, 6.07) is 22.1. The summed E-state index contributed by atoms with van der Waals surface area (Å²) in [4.78, 5) is 15.5. The largest absolute Gasteiger partial charge is 0.437 e. The first-order chi connectivity index (χ1) is 14.7. The number of nitrogens with two attached hydrogens (primary N) is 1. The Kier molecular flexibility index (Phi) is 6.09. The van der Waals surface area contributed by atoms with E-state index in [1.165, 1.54) is 11.1 Å². The number of amides is 1. The Morgan fingerprint density at radius 1 is 0.967 bits per heavy atom. The van der Waals surface area contributed by atoms with Gasteiger partial charge in [-0.3, -0.25) is 4.98 Å². The quantitative estimate of drug-likeness (QED) is 0.412. The molecule has 2 N–H and O–H groups in total. The van der Waals surface area contributed by atoms with Crippen LogP contribution in [-0.2, 0) is 17.7 Å². The average Bonchev–Trinajstić information content (AvgIpc) is 3.18. The predicted molar refractivity (Wildman–Crippen MR) is 118 cm³/mol. The van der Waals surface area contributed by atoms with E-state index in [2.05, 4.69) is 46.1 Å². The van der Waals surface area contributed by atoms with Crippen molar-refractivity contribution in [3.8, 4) is 0 Å². The van der Waals surface area contributed by atoms with E-state index in [1.54, 1.807) is 0 Å². The lowest BCUT2D eigenvalue weighted by Gasteiger charge is -2.18. The number of ether oxygens (including phenoxy) is 1. The number of fused-ring (bicyclic) bond motifs is 1. The van der Waals surface area contributed by atoms with Crippen molar-refractivity contribution in [1.82, 2.24) is 9.55 Å². The van der Waals surface area contributed by atoms with E-state index < -0.39 is 12.2 Å². The number of nitrogens with zero attached hydrogens (tertiary/aromatic N) is 2. The summed E-state index contributed by atoms with van der Waals surface area (Å²) < 4.78 is 7.70. The summed E-state index contributed by atoms with van der Waals surface area (Å²) in [6.07, 6.45) is 7.80. The van der Waals surface area contributed by atoms with Crippen LogP contribution in [-0.4, -0.2) is 15.6 Å². The van der Waals surface area contributed by atoms with Gasteiger partial charge in [-0.05, 0) is 71.7 Å². The topological polar surface area (TPSA) is 70.1 Å². The average molecular weight is 399 g/mol. The Balaban J connectivity index is 1.47. The number of hydrogen-bond acceptors (Lipinski definition) is 3. The summed E-state index contributed by atoms with van der Waals surface area (Å²) in [5, 5.41) is 1.12. The highest BCUT2D eigenvalue weighted by Gasteiger charge is 2.18. The highest BCUT2D eigenvalue weighted by atomic mass is 16.6. The molecule has 1 atom stereocenters. The van der Waals surface area contributed by atoms with Gasteiger partial charge in [0.15, 0.2) is 6.10 Å². The second-order valence-corrected chi connectivity index (χ2v) is 7.37.